The van der Waals surface area contributed by atoms with E-state index in [1.165, 1.54) is 31.2 Å². The molecule has 4 rings (SSSR count). The van der Waals surface area contributed by atoms with E-state index in [1.54, 1.807) is 25.1 Å². The van der Waals surface area contributed by atoms with Crippen LogP contribution in [0.3, 0.4) is 0 Å². The average Bonchev–Trinajstić information content (AvgIpc) is 2.81. The SMILES string of the molecule is CCOC1CC(c2cccc(C(C)=O)c2)Nc2ccc(S(=O)(=O)Nc3ccc(F)c(C)c3)cc21. The second kappa shape index (κ2) is 9.56. The second-order valence-electron chi connectivity index (χ2n) is 8.38. The van der Waals surface area contributed by atoms with Gasteiger partial charge in [-0.25, -0.2) is 12.8 Å². The fourth-order valence-corrected chi connectivity index (χ4v) is 5.25. The largest absolute Gasteiger partial charge is 0.378 e. The number of sulfonamides is 1. The summed E-state index contributed by atoms with van der Waals surface area (Å²) in [6, 6.07) is 16.3. The third-order valence-corrected chi connectivity index (χ3v) is 7.31. The second-order valence-corrected chi connectivity index (χ2v) is 10.1. The highest BCUT2D eigenvalue weighted by Gasteiger charge is 2.30. The topological polar surface area (TPSA) is 84.5 Å². The maximum atomic E-state index is 13.6. The van der Waals surface area contributed by atoms with Gasteiger partial charge in [0.2, 0.25) is 0 Å². The lowest BCUT2D eigenvalue weighted by Crippen LogP contribution is -2.24. The molecule has 1 aliphatic rings. The van der Waals surface area contributed by atoms with E-state index < -0.39 is 15.8 Å². The monoisotopic (exact) mass is 482 g/mol. The number of hydrogen-bond donors (Lipinski definition) is 2. The van der Waals surface area contributed by atoms with Gasteiger partial charge in [-0.3, -0.25) is 9.52 Å². The van der Waals surface area contributed by atoms with E-state index in [2.05, 4.69) is 10.0 Å². The van der Waals surface area contributed by atoms with E-state index in [1.807, 2.05) is 25.1 Å². The quantitative estimate of drug-likeness (QED) is 0.418. The average molecular weight is 483 g/mol. The Morgan fingerprint density at radius 2 is 1.94 bits per heavy atom. The minimum atomic E-state index is -3.89. The smallest absolute Gasteiger partial charge is 0.261 e. The Morgan fingerprint density at radius 1 is 1.15 bits per heavy atom. The molecule has 0 spiro atoms. The van der Waals surface area contributed by atoms with E-state index in [4.69, 9.17) is 4.74 Å². The van der Waals surface area contributed by atoms with Crippen LogP contribution in [0.25, 0.3) is 0 Å². The Morgan fingerprint density at radius 3 is 2.65 bits per heavy atom. The fourth-order valence-electron chi connectivity index (χ4n) is 4.17. The summed E-state index contributed by atoms with van der Waals surface area (Å²) < 4.78 is 48.1. The van der Waals surface area contributed by atoms with Crippen LogP contribution in [0.15, 0.2) is 65.6 Å². The molecule has 6 nitrogen and oxygen atoms in total. The maximum Gasteiger partial charge on any atom is 0.261 e. The van der Waals surface area contributed by atoms with Gasteiger partial charge in [0.15, 0.2) is 5.78 Å². The molecule has 0 saturated heterocycles. The highest BCUT2D eigenvalue weighted by atomic mass is 32.2. The Balaban J connectivity index is 1.65. The van der Waals surface area contributed by atoms with Crippen LogP contribution in [0.4, 0.5) is 15.8 Å². The highest BCUT2D eigenvalue weighted by molar-refractivity contribution is 7.92. The molecule has 34 heavy (non-hydrogen) atoms. The number of fused-ring (bicyclic) bond motifs is 1. The Kier molecular flexibility index (Phi) is 6.72. The molecule has 1 aliphatic heterocycles. The minimum absolute atomic E-state index is 0.00175. The molecule has 3 aromatic carbocycles. The molecule has 178 valence electrons. The molecular formula is C26H27FN2O4S. The van der Waals surface area contributed by atoms with Gasteiger partial charge in [-0.1, -0.05) is 18.2 Å². The number of nitrogens with one attached hydrogen (secondary N) is 2. The van der Waals surface area contributed by atoms with Gasteiger partial charge in [0.05, 0.1) is 17.0 Å². The van der Waals surface area contributed by atoms with Crippen LogP contribution in [0.5, 0.6) is 0 Å². The zero-order valence-electron chi connectivity index (χ0n) is 19.3. The molecule has 2 N–H and O–H groups in total. The minimum Gasteiger partial charge on any atom is -0.378 e. The van der Waals surface area contributed by atoms with Crippen molar-refractivity contribution in [2.45, 2.75) is 44.2 Å². The van der Waals surface area contributed by atoms with Gasteiger partial charge < -0.3 is 10.1 Å². The van der Waals surface area contributed by atoms with Crippen molar-refractivity contribution in [2.75, 3.05) is 16.6 Å². The van der Waals surface area contributed by atoms with Crippen molar-refractivity contribution in [1.29, 1.82) is 0 Å². The third-order valence-electron chi connectivity index (χ3n) is 5.93. The molecule has 1 heterocycles. The molecular weight excluding hydrogens is 455 g/mol. The van der Waals surface area contributed by atoms with Crippen LogP contribution in [0.1, 0.15) is 59.5 Å². The first-order valence-electron chi connectivity index (χ1n) is 11.1. The number of ether oxygens (including phenoxy) is 1. The number of benzene rings is 3. The van der Waals surface area contributed by atoms with Crippen LogP contribution in [-0.4, -0.2) is 20.8 Å². The number of carbonyl (C=O) groups excluding carboxylic acids is 1. The molecule has 0 aliphatic carbocycles. The van der Waals surface area contributed by atoms with Crippen molar-refractivity contribution in [1.82, 2.24) is 0 Å². The van der Waals surface area contributed by atoms with E-state index in [-0.39, 0.29) is 22.8 Å². The number of aryl methyl sites for hydroxylation is 1. The first-order valence-corrected chi connectivity index (χ1v) is 12.6. The van der Waals surface area contributed by atoms with E-state index >= 15 is 0 Å². The van der Waals surface area contributed by atoms with Gasteiger partial charge in [0.25, 0.3) is 10.0 Å². The predicted molar refractivity (Wildman–Crippen MR) is 130 cm³/mol. The third kappa shape index (κ3) is 4.98. The van der Waals surface area contributed by atoms with Gasteiger partial charge >= 0.3 is 0 Å². The molecule has 8 heteroatoms. The van der Waals surface area contributed by atoms with Gasteiger partial charge in [0, 0.05) is 35.5 Å². The molecule has 0 bridgehead atoms. The molecule has 2 unspecified atom stereocenters. The van der Waals surface area contributed by atoms with Crippen molar-refractivity contribution in [3.63, 3.8) is 0 Å². The summed E-state index contributed by atoms with van der Waals surface area (Å²) >= 11 is 0. The van der Waals surface area contributed by atoms with Crippen LogP contribution < -0.4 is 10.0 Å². The number of rotatable bonds is 7. The molecule has 0 aromatic heterocycles. The number of halogens is 1. The summed E-state index contributed by atoms with van der Waals surface area (Å²) in [5.74, 6) is -0.399. The number of ketones is 1. The van der Waals surface area contributed by atoms with Gasteiger partial charge in [-0.15, -0.1) is 0 Å². The summed E-state index contributed by atoms with van der Waals surface area (Å²) in [4.78, 5) is 11.9. The Bertz CT molecular complexity index is 1340. The normalized spacial score (nSPS) is 17.5. The summed E-state index contributed by atoms with van der Waals surface area (Å²) in [5.41, 5.74) is 3.78. The van der Waals surface area contributed by atoms with E-state index in [0.29, 0.717) is 29.8 Å². The van der Waals surface area contributed by atoms with Crippen LogP contribution in [-0.2, 0) is 14.8 Å². The highest BCUT2D eigenvalue weighted by Crippen LogP contribution is 2.42. The van der Waals surface area contributed by atoms with Crippen LogP contribution in [0.2, 0.25) is 0 Å². The van der Waals surface area contributed by atoms with Gasteiger partial charge in [-0.2, -0.15) is 0 Å². The van der Waals surface area contributed by atoms with Crippen molar-refractivity contribution in [2.24, 2.45) is 0 Å². The fraction of sp³-hybridized carbons (Fsp3) is 0.269. The number of hydrogen-bond acceptors (Lipinski definition) is 5. The number of Topliss-reactive ketones (excluding diaryl/α,β-unsaturated/α-hetero) is 1. The van der Waals surface area contributed by atoms with Gasteiger partial charge in [0.1, 0.15) is 5.82 Å². The van der Waals surface area contributed by atoms with Crippen molar-refractivity contribution in [3.05, 3.63) is 88.7 Å². The number of carbonyl (C=O) groups is 1. The predicted octanol–water partition coefficient (Wildman–Crippen LogP) is 5.77. The Hall–Kier alpha value is -3.23. The van der Waals surface area contributed by atoms with Crippen molar-refractivity contribution >= 4 is 27.2 Å². The summed E-state index contributed by atoms with van der Waals surface area (Å²) in [7, 11) is -3.89. The first-order chi connectivity index (χ1) is 16.2. The van der Waals surface area contributed by atoms with Crippen molar-refractivity contribution < 1.29 is 22.3 Å². The molecule has 3 aromatic rings. The lowest BCUT2D eigenvalue weighted by molar-refractivity contribution is 0.0497. The zero-order valence-corrected chi connectivity index (χ0v) is 20.1. The van der Waals surface area contributed by atoms with E-state index in [9.17, 15) is 17.6 Å². The zero-order chi connectivity index (χ0) is 24.5. The summed E-state index contributed by atoms with van der Waals surface area (Å²) in [6.45, 7) is 5.47. The maximum absolute atomic E-state index is 13.6. The summed E-state index contributed by atoms with van der Waals surface area (Å²) in [5, 5.41) is 3.46. The first kappa shape index (κ1) is 23.9. The van der Waals surface area contributed by atoms with E-state index in [0.717, 1.165) is 16.8 Å². The standard InChI is InChI=1S/C26H27FN2O4S/c1-4-33-26-15-25(19-7-5-6-18(13-19)17(3)30)28-24-11-9-21(14-22(24)26)34(31,32)29-20-8-10-23(27)16(2)12-20/h5-14,25-26,28-29H,4,15H2,1-3H3. The lowest BCUT2D eigenvalue weighted by Gasteiger charge is -2.33. The number of anilines is 2. The van der Waals surface area contributed by atoms with Crippen LogP contribution in [0, 0.1) is 12.7 Å². The molecule has 0 fully saturated rings. The van der Waals surface area contributed by atoms with Crippen molar-refractivity contribution in [3.8, 4) is 0 Å². The Labute approximate surface area is 199 Å². The van der Waals surface area contributed by atoms with Crippen LogP contribution >= 0.6 is 0 Å². The molecule has 0 saturated carbocycles. The summed E-state index contributed by atoms with van der Waals surface area (Å²) in [6.07, 6.45) is 0.256. The lowest BCUT2D eigenvalue weighted by atomic mass is 9.90. The van der Waals surface area contributed by atoms with Gasteiger partial charge in [-0.05, 0) is 74.4 Å². The molecule has 0 radical (unpaired) electrons. The molecule has 0 amide bonds. The molecule has 2 atom stereocenters.